The van der Waals surface area contributed by atoms with E-state index in [4.69, 9.17) is 0 Å². The third-order valence-electron chi connectivity index (χ3n) is 1.01. The van der Waals surface area contributed by atoms with Gasteiger partial charge in [-0.05, 0) is 19.3 Å². The van der Waals surface area contributed by atoms with E-state index in [0.29, 0.717) is 10.3 Å². The predicted molar refractivity (Wildman–Crippen MR) is 48.5 cm³/mol. The molecule has 0 aliphatic carbocycles. The van der Waals surface area contributed by atoms with Crippen LogP contribution in [-0.4, -0.2) is 16.4 Å². The highest BCUT2D eigenvalue weighted by Crippen LogP contribution is 2.15. The van der Waals surface area contributed by atoms with Crippen LogP contribution in [0.5, 0.6) is 0 Å². The van der Waals surface area contributed by atoms with Gasteiger partial charge in [-0.2, -0.15) is 0 Å². The molecule has 0 saturated heterocycles. The van der Waals surface area contributed by atoms with Gasteiger partial charge < -0.3 is 0 Å². The lowest BCUT2D eigenvalue weighted by Crippen LogP contribution is -1.87. The van der Waals surface area contributed by atoms with E-state index in [9.17, 15) is 4.79 Å². The number of isocyanates is 1. The van der Waals surface area contributed by atoms with Crippen LogP contribution in [0.3, 0.4) is 0 Å². The molecule has 0 rings (SSSR count). The second kappa shape index (κ2) is 7.45. The molecule has 0 N–H and O–H groups in total. The second-order valence-electron chi connectivity index (χ2n) is 1.86. The van der Waals surface area contributed by atoms with E-state index in [2.05, 4.69) is 36.9 Å². The molecule has 0 atom stereocenters. The molecule has 0 fully saturated rings. The molecule has 0 aromatic carbocycles. The molecular weight excluding hydrogens is 262 g/mol. The summed E-state index contributed by atoms with van der Waals surface area (Å²) in [6, 6.07) is 0. The van der Waals surface area contributed by atoms with Gasteiger partial charge in [0.25, 0.3) is 0 Å². The Kier molecular flexibility index (Phi) is 7.70. The Balaban J connectivity index is 2.98. The molecule has 0 unspecified atom stereocenters. The summed E-state index contributed by atoms with van der Waals surface area (Å²) in [5.74, 6) is 0. The first-order valence-corrected chi connectivity index (χ1v) is 4.92. The number of alkyl halides is 2. The van der Waals surface area contributed by atoms with Gasteiger partial charge in [-0.15, -0.1) is 0 Å². The molecule has 58 valence electrons. The zero-order valence-corrected chi connectivity index (χ0v) is 8.69. The van der Waals surface area contributed by atoms with Crippen LogP contribution < -0.4 is 0 Å². The van der Waals surface area contributed by atoms with Crippen molar-refractivity contribution in [1.29, 1.82) is 0 Å². The minimum atomic E-state index is 0.389. The van der Waals surface area contributed by atoms with Crippen LogP contribution in [0.4, 0.5) is 0 Å². The number of unbranched alkanes of at least 4 members (excludes halogenated alkanes) is 1. The lowest BCUT2D eigenvalue weighted by Gasteiger charge is -1.97. The quantitative estimate of drug-likeness (QED) is 0.327. The second-order valence-corrected chi connectivity index (χ2v) is 5.30. The summed E-state index contributed by atoms with van der Waals surface area (Å²) in [5.41, 5.74) is 0. The Morgan fingerprint density at radius 3 is 2.60 bits per heavy atom. The Morgan fingerprint density at radius 1 is 1.40 bits per heavy atom. The standard InChI is InChI=1S/C6H9Br2NO/c7-6(8)3-1-2-4-9-5-10/h6H,1-4H2. The molecule has 0 amide bonds. The summed E-state index contributed by atoms with van der Waals surface area (Å²) >= 11 is 6.70. The molecule has 10 heavy (non-hydrogen) atoms. The van der Waals surface area contributed by atoms with Crippen molar-refractivity contribution in [2.75, 3.05) is 6.54 Å². The number of halogens is 2. The average molecular weight is 271 g/mol. The fourth-order valence-electron chi connectivity index (χ4n) is 0.535. The van der Waals surface area contributed by atoms with Gasteiger partial charge >= 0.3 is 0 Å². The lowest BCUT2D eigenvalue weighted by atomic mass is 10.2. The molecule has 0 aliphatic rings. The van der Waals surface area contributed by atoms with Gasteiger partial charge in [0.15, 0.2) is 0 Å². The summed E-state index contributed by atoms with van der Waals surface area (Å²) < 4.78 is 0.389. The van der Waals surface area contributed by atoms with Crippen LogP contribution in [-0.2, 0) is 4.79 Å². The van der Waals surface area contributed by atoms with Crippen molar-refractivity contribution < 1.29 is 4.79 Å². The zero-order chi connectivity index (χ0) is 7.82. The largest absolute Gasteiger partial charge is 0.234 e. The topological polar surface area (TPSA) is 29.4 Å². The van der Waals surface area contributed by atoms with Gasteiger partial charge in [0.1, 0.15) is 0 Å². The number of rotatable bonds is 5. The molecule has 0 spiro atoms. The molecule has 0 aliphatic heterocycles. The van der Waals surface area contributed by atoms with Crippen LogP contribution in [0.1, 0.15) is 19.3 Å². The zero-order valence-electron chi connectivity index (χ0n) is 5.52. The van der Waals surface area contributed by atoms with E-state index in [1.165, 1.54) is 6.08 Å². The Bertz CT molecular complexity index is 121. The molecule has 0 radical (unpaired) electrons. The maximum absolute atomic E-state index is 9.59. The maximum Gasteiger partial charge on any atom is 0.234 e. The number of aliphatic imine (C=N–C) groups is 1. The van der Waals surface area contributed by atoms with Crippen molar-refractivity contribution in [3.05, 3.63) is 0 Å². The van der Waals surface area contributed by atoms with Crippen molar-refractivity contribution in [2.45, 2.75) is 23.0 Å². The van der Waals surface area contributed by atoms with E-state index in [1.54, 1.807) is 0 Å². The number of carbonyl (C=O) groups excluding carboxylic acids is 1. The van der Waals surface area contributed by atoms with Gasteiger partial charge in [0.2, 0.25) is 6.08 Å². The Morgan fingerprint density at radius 2 is 2.10 bits per heavy atom. The van der Waals surface area contributed by atoms with E-state index in [-0.39, 0.29) is 0 Å². The summed E-state index contributed by atoms with van der Waals surface area (Å²) in [5, 5.41) is 0. The van der Waals surface area contributed by atoms with Crippen LogP contribution in [0.15, 0.2) is 4.99 Å². The molecule has 0 aromatic rings. The minimum Gasteiger partial charge on any atom is -0.211 e. The number of nitrogens with zero attached hydrogens (tertiary/aromatic N) is 1. The summed E-state index contributed by atoms with van der Waals surface area (Å²) in [4.78, 5) is 13.0. The van der Waals surface area contributed by atoms with Crippen molar-refractivity contribution in [2.24, 2.45) is 4.99 Å². The fourth-order valence-corrected chi connectivity index (χ4v) is 1.18. The predicted octanol–water partition coefficient (Wildman–Crippen LogP) is 2.61. The maximum atomic E-state index is 9.59. The lowest BCUT2D eigenvalue weighted by molar-refractivity contribution is 0.561. The highest BCUT2D eigenvalue weighted by molar-refractivity contribution is 9.24. The molecule has 2 nitrogen and oxygen atoms in total. The first-order valence-electron chi connectivity index (χ1n) is 3.09. The van der Waals surface area contributed by atoms with E-state index in [0.717, 1.165) is 19.3 Å². The van der Waals surface area contributed by atoms with Crippen molar-refractivity contribution >= 4 is 37.9 Å². The van der Waals surface area contributed by atoms with Crippen LogP contribution >= 0.6 is 31.9 Å². The molecule has 0 bridgehead atoms. The normalized spacial score (nSPS) is 9.50. The van der Waals surface area contributed by atoms with Gasteiger partial charge in [-0.3, -0.25) is 0 Å². The van der Waals surface area contributed by atoms with E-state index in [1.807, 2.05) is 0 Å². The van der Waals surface area contributed by atoms with Crippen LogP contribution in [0.25, 0.3) is 0 Å². The third kappa shape index (κ3) is 8.34. The third-order valence-corrected chi connectivity index (χ3v) is 1.92. The number of hydrogen-bond donors (Lipinski definition) is 0. The van der Waals surface area contributed by atoms with E-state index < -0.39 is 0 Å². The first-order chi connectivity index (χ1) is 4.77. The summed E-state index contributed by atoms with van der Waals surface area (Å²) in [6.45, 7) is 0.607. The monoisotopic (exact) mass is 269 g/mol. The van der Waals surface area contributed by atoms with Crippen molar-refractivity contribution in [1.82, 2.24) is 0 Å². The highest BCUT2D eigenvalue weighted by Gasteiger charge is 1.95. The van der Waals surface area contributed by atoms with Gasteiger partial charge in [0, 0.05) is 0 Å². The first kappa shape index (κ1) is 10.3. The SMILES string of the molecule is O=C=NCCCCC(Br)Br. The average Bonchev–Trinajstić information content (AvgIpc) is 1.87. The van der Waals surface area contributed by atoms with Crippen molar-refractivity contribution in [3.63, 3.8) is 0 Å². The molecule has 4 heteroatoms. The summed E-state index contributed by atoms with van der Waals surface area (Å²) in [6.07, 6.45) is 4.61. The van der Waals surface area contributed by atoms with Crippen molar-refractivity contribution in [3.8, 4) is 0 Å². The van der Waals surface area contributed by atoms with Gasteiger partial charge in [0.05, 0.1) is 10.3 Å². The number of hydrogen-bond acceptors (Lipinski definition) is 2. The minimum absolute atomic E-state index is 0.389. The Hall–Kier alpha value is 0.340. The summed E-state index contributed by atoms with van der Waals surface area (Å²) in [7, 11) is 0. The molecular formula is C6H9Br2NO. The Labute approximate surface area is 77.4 Å². The van der Waals surface area contributed by atoms with Crippen LogP contribution in [0.2, 0.25) is 0 Å². The fraction of sp³-hybridized carbons (Fsp3) is 0.833. The van der Waals surface area contributed by atoms with Gasteiger partial charge in [-0.1, -0.05) is 31.9 Å². The smallest absolute Gasteiger partial charge is 0.211 e. The molecule has 0 heterocycles. The van der Waals surface area contributed by atoms with Gasteiger partial charge in [-0.25, -0.2) is 9.79 Å². The molecule has 0 aromatic heterocycles. The van der Waals surface area contributed by atoms with E-state index >= 15 is 0 Å². The highest BCUT2D eigenvalue weighted by atomic mass is 79.9. The van der Waals surface area contributed by atoms with Crippen LogP contribution in [0, 0.1) is 0 Å². The molecule has 0 saturated carbocycles.